The van der Waals surface area contributed by atoms with Crippen LogP contribution in [-0.2, 0) is 0 Å². The molecule has 1 N–H and O–H groups in total. The summed E-state index contributed by atoms with van der Waals surface area (Å²) in [4.78, 5) is 15.7. The van der Waals surface area contributed by atoms with E-state index in [-0.39, 0.29) is 16.4 Å². The van der Waals surface area contributed by atoms with Crippen molar-refractivity contribution in [1.29, 1.82) is 0 Å². The third-order valence-electron chi connectivity index (χ3n) is 2.17. The topological polar surface area (TPSA) is 42.0 Å². The van der Waals surface area contributed by atoms with Crippen LogP contribution in [0.4, 0.5) is 10.1 Å². The number of pyridine rings is 1. The lowest BCUT2D eigenvalue weighted by Gasteiger charge is -2.07. The predicted molar refractivity (Wildman–Crippen MR) is 71.3 cm³/mol. The monoisotopic (exact) mass is 328 g/mol. The van der Waals surface area contributed by atoms with Crippen molar-refractivity contribution in [2.45, 2.75) is 0 Å². The molecular weight excluding hydrogens is 322 g/mol. The van der Waals surface area contributed by atoms with Crippen molar-refractivity contribution in [3.63, 3.8) is 0 Å². The summed E-state index contributed by atoms with van der Waals surface area (Å²) in [5.74, 6) is -1.02. The predicted octanol–water partition coefficient (Wildman–Crippen LogP) is 3.89. The Kier molecular flexibility index (Phi) is 3.93. The second-order valence-electron chi connectivity index (χ2n) is 3.43. The molecule has 0 atom stereocenters. The van der Waals surface area contributed by atoms with Crippen molar-refractivity contribution in [2.24, 2.45) is 0 Å². The van der Waals surface area contributed by atoms with Crippen LogP contribution in [0, 0.1) is 5.82 Å². The van der Waals surface area contributed by atoms with E-state index in [9.17, 15) is 9.18 Å². The van der Waals surface area contributed by atoms with Gasteiger partial charge in [-0.2, -0.15) is 0 Å². The molecule has 0 radical (unpaired) electrons. The van der Waals surface area contributed by atoms with Gasteiger partial charge in [-0.1, -0.05) is 23.7 Å². The van der Waals surface area contributed by atoms with Crippen LogP contribution in [0.15, 0.2) is 41.0 Å². The number of para-hydroxylation sites is 1. The van der Waals surface area contributed by atoms with Crippen molar-refractivity contribution in [1.82, 2.24) is 4.98 Å². The maximum Gasteiger partial charge on any atom is 0.258 e. The van der Waals surface area contributed by atoms with Gasteiger partial charge in [0.1, 0.15) is 11.0 Å². The van der Waals surface area contributed by atoms with E-state index in [2.05, 4.69) is 26.2 Å². The maximum atomic E-state index is 13.4. The van der Waals surface area contributed by atoms with Gasteiger partial charge in [-0.05, 0) is 34.1 Å². The Morgan fingerprint density at radius 3 is 2.83 bits per heavy atom. The highest BCUT2D eigenvalue weighted by molar-refractivity contribution is 9.10. The lowest BCUT2D eigenvalue weighted by Crippen LogP contribution is -2.14. The van der Waals surface area contributed by atoms with E-state index in [0.717, 1.165) is 0 Å². The zero-order valence-electron chi connectivity index (χ0n) is 8.95. The fraction of sp³-hybridized carbons (Fsp3) is 0. The van der Waals surface area contributed by atoms with Crippen LogP contribution in [0.5, 0.6) is 0 Å². The van der Waals surface area contributed by atoms with Crippen molar-refractivity contribution in [2.75, 3.05) is 5.32 Å². The first-order chi connectivity index (χ1) is 8.58. The molecule has 3 nitrogen and oxygen atoms in total. The van der Waals surface area contributed by atoms with Crippen LogP contribution in [0.3, 0.4) is 0 Å². The van der Waals surface area contributed by atoms with Crippen molar-refractivity contribution in [3.05, 3.63) is 57.5 Å². The molecule has 0 fully saturated rings. The van der Waals surface area contributed by atoms with E-state index in [1.165, 1.54) is 24.4 Å². The number of carbonyl (C=O) groups is 1. The van der Waals surface area contributed by atoms with Gasteiger partial charge in [0, 0.05) is 10.7 Å². The van der Waals surface area contributed by atoms with Crippen molar-refractivity contribution in [3.8, 4) is 0 Å². The number of hydrogen-bond acceptors (Lipinski definition) is 2. The van der Waals surface area contributed by atoms with Gasteiger partial charge < -0.3 is 5.32 Å². The second-order valence-corrected chi connectivity index (χ2v) is 4.70. The van der Waals surface area contributed by atoms with Gasteiger partial charge in [0.25, 0.3) is 5.91 Å². The Morgan fingerprint density at radius 1 is 1.39 bits per heavy atom. The van der Waals surface area contributed by atoms with E-state index in [1.54, 1.807) is 12.1 Å². The number of aromatic nitrogens is 1. The average molecular weight is 330 g/mol. The Balaban J connectivity index is 2.28. The quantitative estimate of drug-likeness (QED) is 0.849. The number of halogens is 3. The zero-order valence-corrected chi connectivity index (χ0v) is 11.3. The molecule has 0 unspecified atom stereocenters. The number of benzene rings is 1. The molecule has 2 rings (SSSR count). The van der Waals surface area contributed by atoms with Gasteiger partial charge in [-0.3, -0.25) is 4.79 Å². The number of anilines is 1. The minimum Gasteiger partial charge on any atom is -0.319 e. The minimum atomic E-state index is -0.515. The van der Waals surface area contributed by atoms with Crippen LogP contribution < -0.4 is 5.32 Å². The van der Waals surface area contributed by atoms with Crippen molar-refractivity contribution >= 4 is 39.1 Å². The van der Waals surface area contributed by atoms with Crippen molar-refractivity contribution < 1.29 is 9.18 Å². The summed E-state index contributed by atoms with van der Waals surface area (Å²) >= 11 is 9.00. The van der Waals surface area contributed by atoms with E-state index < -0.39 is 11.7 Å². The molecule has 1 aromatic heterocycles. The molecule has 1 heterocycles. The molecule has 0 aliphatic rings. The van der Waals surface area contributed by atoms with Gasteiger partial charge in [0.2, 0.25) is 0 Å². The number of hydrogen-bond donors (Lipinski definition) is 1. The van der Waals surface area contributed by atoms with E-state index >= 15 is 0 Å². The van der Waals surface area contributed by atoms with Gasteiger partial charge in [-0.15, -0.1) is 0 Å². The smallest absolute Gasteiger partial charge is 0.258 e. The van der Waals surface area contributed by atoms with E-state index in [0.29, 0.717) is 4.47 Å². The van der Waals surface area contributed by atoms with Gasteiger partial charge in [0.15, 0.2) is 0 Å². The fourth-order valence-corrected chi connectivity index (χ4v) is 1.85. The third-order valence-corrected chi connectivity index (χ3v) is 2.91. The highest BCUT2D eigenvalue weighted by atomic mass is 79.9. The lowest BCUT2D eigenvalue weighted by molar-refractivity contribution is 0.102. The molecule has 1 amide bonds. The lowest BCUT2D eigenvalue weighted by atomic mass is 10.2. The molecule has 6 heteroatoms. The summed E-state index contributed by atoms with van der Waals surface area (Å²) in [6.45, 7) is 0. The van der Waals surface area contributed by atoms with Gasteiger partial charge in [-0.25, -0.2) is 9.37 Å². The maximum absolute atomic E-state index is 13.4. The summed E-state index contributed by atoms with van der Waals surface area (Å²) in [6.07, 6.45) is 1.47. The summed E-state index contributed by atoms with van der Waals surface area (Å²) < 4.78 is 14.0. The number of carbonyl (C=O) groups excluding carboxylic acids is 1. The minimum absolute atomic E-state index is 0.0621. The van der Waals surface area contributed by atoms with E-state index in [4.69, 9.17) is 11.6 Å². The standard InChI is InChI=1S/C12H7BrClFN2O/c13-7-5-8(11(14)16-6-7)12(18)17-10-4-2-1-3-9(10)15/h1-6H,(H,17,18). The number of rotatable bonds is 2. The molecule has 0 aliphatic carbocycles. The van der Waals surface area contributed by atoms with Crippen LogP contribution in [0.2, 0.25) is 5.15 Å². The summed E-state index contributed by atoms with van der Waals surface area (Å²) in [5, 5.41) is 2.50. The van der Waals surface area contributed by atoms with Crippen LogP contribution in [-0.4, -0.2) is 10.9 Å². The Morgan fingerprint density at radius 2 is 2.11 bits per heavy atom. The van der Waals surface area contributed by atoms with Gasteiger partial charge >= 0.3 is 0 Å². The Hall–Kier alpha value is -1.46. The molecule has 0 spiro atoms. The molecule has 0 saturated carbocycles. The summed E-state index contributed by atoms with van der Waals surface area (Å²) in [7, 11) is 0. The Labute approximate surface area is 116 Å². The molecule has 18 heavy (non-hydrogen) atoms. The third kappa shape index (κ3) is 2.86. The van der Waals surface area contributed by atoms with Crippen LogP contribution in [0.25, 0.3) is 0 Å². The first-order valence-corrected chi connectivity index (χ1v) is 6.12. The molecule has 1 aromatic carbocycles. The van der Waals surface area contributed by atoms with E-state index in [1.807, 2.05) is 0 Å². The SMILES string of the molecule is O=C(Nc1ccccc1F)c1cc(Br)cnc1Cl. The Bertz CT molecular complexity index is 606. The highest BCUT2D eigenvalue weighted by Gasteiger charge is 2.13. The first-order valence-electron chi connectivity index (χ1n) is 4.95. The highest BCUT2D eigenvalue weighted by Crippen LogP contribution is 2.20. The largest absolute Gasteiger partial charge is 0.319 e. The number of nitrogens with zero attached hydrogens (tertiary/aromatic N) is 1. The molecule has 2 aromatic rings. The molecule has 0 bridgehead atoms. The molecule has 0 aliphatic heterocycles. The second kappa shape index (κ2) is 5.46. The molecule has 0 saturated heterocycles. The fourth-order valence-electron chi connectivity index (χ4n) is 1.33. The van der Waals surface area contributed by atoms with Gasteiger partial charge in [0.05, 0.1) is 11.3 Å². The summed E-state index contributed by atoms with van der Waals surface area (Å²) in [5.41, 5.74) is 0.271. The molecular formula is C12H7BrClFN2O. The van der Waals surface area contributed by atoms with Crippen LogP contribution >= 0.6 is 27.5 Å². The zero-order chi connectivity index (χ0) is 13.1. The number of amides is 1. The summed E-state index contributed by atoms with van der Waals surface area (Å²) in [6, 6.07) is 7.41. The normalized spacial score (nSPS) is 10.2. The average Bonchev–Trinajstić information content (AvgIpc) is 2.35. The van der Waals surface area contributed by atoms with Crippen LogP contribution in [0.1, 0.15) is 10.4 Å². The number of nitrogens with one attached hydrogen (secondary N) is 1. The molecule has 92 valence electrons. The first kappa shape index (κ1) is 13.0.